The average Bonchev–Trinajstić information content (AvgIpc) is 2.14. The molecule has 100 valence electrons. The molecule has 0 saturated carbocycles. The van der Waals surface area contributed by atoms with E-state index in [1.165, 1.54) is 0 Å². The van der Waals surface area contributed by atoms with E-state index in [2.05, 4.69) is 4.18 Å². The van der Waals surface area contributed by atoms with Crippen molar-refractivity contribution >= 4 is 27.9 Å². The second kappa shape index (κ2) is 3.65. The second-order valence-electron chi connectivity index (χ2n) is 2.66. The van der Waals surface area contributed by atoms with Gasteiger partial charge in [0.15, 0.2) is 0 Å². The molecule has 0 amide bonds. The Bertz CT molecular complexity index is 435. The standard InChI is InChI=1S/C4H2F6NO4S2/c5-2(6)3(7,8)16(15-1-12)11-17(13,14)4(2,9)10/h1,11H/q+1. The molecule has 1 aliphatic heterocycles. The highest BCUT2D eigenvalue weighted by Crippen LogP contribution is 2.54. The highest BCUT2D eigenvalue weighted by Gasteiger charge is 2.92. The third kappa shape index (κ3) is 1.67. The summed E-state index contributed by atoms with van der Waals surface area (Å²) in [5.41, 5.74) is 0. The Labute approximate surface area is 92.8 Å². The van der Waals surface area contributed by atoms with E-state index in [1.807, 2.05) is 0 Å². The molecule has 0 radical (unpaired) electrons. The summed E-state index contributed by atoms with van der Waals surface area (Å²) in [5.74, 6) is -6.21. The van der Waals surface area contributed by atoms with Crippen molar-refractivity contribution in [3.8, 4) is 0 Å². The molecule has 0 spiro atoms. The molecule has 1 saturated heterocycles. The SMILES string of the molecule is O=CO[S+]1NS(=O)(=O)C(F)(F)C(F)(F)C1(F)F. The van der Waals surface area contributed by atoms with Crippen LogP contribution in [0.2, 0.25) is 0 Å². The minimum absolute atomic E-state index is 0.496. The van der Waals surface area contributed by atoms with Crippen molar-refractivity contribution in [3.63, 3.8) is 0 Å². The van der Waals surface area contributed by atoms with E-state index in [-0.39, 0.29) is 0 Å². The lowest BCUT2D eigenvalue weighted by Crippen LogP contribution is -2.71. The van der Waals surface area contributed by atoms with E-state index in [9.17, 15) is 39.6 Å². The molecule has 1 unspecified atom stereocenters. The van der Waals surface area contributed by atoms with Crippen LogP contribution in [0.15, 0.2) is 0 Å². The lowest BCUT2D eigenvalue weighted by Gasteiger charge is -2.31. The van der Waals surface area contributed by atoms with Crippen molar-refractivity contribution in [2.75, 3.05) is 0 Å². The molecule has 0 aromatic heterocycles. The molecule has 1 atom stereocenters. The molecule has 17 heavy (non-hydrogen) atoms. The maximum atomic E-state index is 12.8. The van der Waals surface area contributed by atoms with Gasteiger partial charge in [-0.15, -0.1) is 8.78 Å². The summed E-state index contributed by atoms with van der Waals surface area (Å²) in [7, 11) is -6.10. The number of carbonyl (C=O) groups is 1. The molecule has 0 aliphatic carbocycles. The van der Waals surface area contributed by atoms with Gasteiger partial charge in [-0.2, -0.15) is 17.6 Å². The molecule has 1 heterocycles. The number of halogens is 6. The van der Waals surface area contributed by atoms with Crippen molar-refractivity contribution in [2.45, 2.75) is 16.4 Å². The van der Waals surface area contributed by atoms with Gasteiger partial charge in [0.05, 0.1) is 0 Å². The molecule has 5 nitrogen and oxygen atoms in total. The van der Waals surface area contributed by atoms with Gasteiger partial charge in [-0.1, -0.05) is 0 Å². The molecule has 13 heteroatoms. The number of nitrogens with one attached hydrogen (secondary N) is 1. The summed E-state index contributed by atoms with van der Waals surface area (Å²) >= 11 is -3.71. The fraction of sp³-hybridized carbons (Fsp3) is 0.750. The third-order valence-corrected chi connectivity index (χ3v) is 5.03. The zero-order valence-corrected chi connectivity index (χ0v) is 8.93. The molecular weight excluding hydrogens is 304 g/mol. The van der Waals surface area contributed by atoms with E-state index in [4.69, 9.17) is 0 Å². The Balaban J connectivity index is 3.39. The van der Waals surface area contributed by atoms with E-state index in [0.717, 1.165) is 0 Å². The maximum absolute atomic E-state index is 12.8. The van der Waals surface area contributed by atoms with Gasteiger partial charge in [0.25, 0.3) is 0 Å². The Morgan fingerprint density at radius 2 is 1.59 bits per heavy atom. The van der Waals surface area contributed by atoms with E-state index < -0.39 is 44.3 Å². The van der Waals surface area contributed by atoms with Gasteiger partial charge < -0.3 is 0 Å². The summed E-state index contributed by atoms with van der Waals surface area (Å²) in [5, 5.41) is -11.6. The van der Waals surface area contributed by atoms with Crippen molar-refractivity contribution < 1.29 is 43.7 Å². The Hall–Kier alpha value is -0.690. The fourth-order valence-electron chi connectivity index (χ4n) is 0.778. The number of rotatable bonds is 2. The Kier molecular flexibility index (Phi) is 3.09. The lowest BCUT2D eigenvalue weighted by atomic mass is 10.3. The van der Waals surface area contributed by atoms with Crippen molar-refractivity contribution in [3.05, 3.63) is 0 Å². The van der Waals surface area contributed by atoms with E-state index >= 15 is 0 Å². The predicted octanol–water partition coefficient (Wildman–Crippen LogP) is 0.362. The van der Waals surface area contributed by atoms with Crippen LogP contribution in [-0.4, -0.2) is 31.3 Å². The Morgan fingerprint density at radius 1 is 1.12 bits per heavy atom. The van der Waals surface area contributed by atoms with Gasteiger partial charge in [0, 0.05) is 4.13 Å². The van der Waals surface area contributed by atoms with Crippen LogP contribution in [0, 0.1) is 0 Å². The molecule has 1 N–H and O–H groups in total. The van der Waals surface area contributed by atoms with Gasteiger partial charge in [-0.3, -0.25) is 0 Å². The molecule has 0 aromatic carbocycles. The first-order valence-corrected chi connectivity index (χ1v) is 6.05. The van der Waals surface area contributed by atoms with Crippen LogP contribution in [0.5, 0.6) is 0 Å². The minimum atomic E-state index is -6.21. The maximum Gasteiger partial charge on any atom is 0.545 e. The summed E-state index contributed by atoms with van der Waals surface area (Å²) in [6, 6.07) is 0. The zero-order chi connectivity index (χ0) is 13.7. The van der Waals surface area contributed by atoms with Gasteiger partial charge in [-0.05, 0) is 0 Å². The minimum Gasteiger partial charge on any atom is -0.250 e. The smallest absolute Gasteiger partial charge is 0.250 e. The first-order valence-electron chi connectivity index (χ1n) is 3.42. The normalized spacial score (nSPS) is 32.7. The van der Waals surface area contributed by atoms with Crippen LogP contribution in [0.4, 0.5) is 26.3 Å². The third-order valence-electron chi connectivity index (χ3n) is 1.62. The highest BCUT2D eigenvalue weighted by atomic mass is 32.3. The number of sulfonamides is 1. The number of hydrogen-bond acceptors (Lipinski definition) is 4. The predicted molar refractivity (Wildman–Crippen MR) is 41.4 cm³/mol. The van der Waals surface area contributed by atoms with Crippen molar-refractivity contribution in [2.24, 2.45) is 0 Å². The molecular formula is C4H2F6NO4S2+. The van der Waals surface area contributed by atoms with E-state index in [0.29, 0.717) is 4.13 Å². The topological polar surface area (TPSA) is 72.5 Å². The number of alkyl halides is 6. The molecule has 1 aliphatic rings. The van der Waals surface area contributed by atoms with E-state index in [1.54, 1.807) is 0 Å². The highest BCUT2D eigenvalue weighted by molar-refractivity contribution is 8.07. The molecule has 1 rings (SSSR count). The van der Waals surface area contributed by atoms with Crippen LogP contribution >= 0.6 is 0 Å². The number of hydrogen-bond donors (Lipinski definition) is 1. The molecule has 1 fully saturated rings. The lowest BCUT2D eigenvalue weighted by molar-refractivity contribution is -0.246. The first kappa shape index (κ1) is 14.4. The van der Waals surface area contributed by atoms with Crippen LogP contribution in [-0.2, 0) is 30.4 Å². The summed E-state index contributed by atoms with van der Waals surface area (Å²) in [6.07, 6.45) is 0. The van der Waals surface area contributed by atoms with Crippen LogP contribution in [0.1, 0.15) is 0 Å². The quantitative estimate of drug-likeness (QED) is 0.454. The first-order chi connectivity index (χ1) is 7.42. The fourth-order valence-corrected chi connectivity index (χ4v) is 3.66. The summed E-state index contributed by atoms with van der Waals surface area (Å²) in [6.45, 7) is -0.765. The van der Waals surface area contributed by atoms with Crippen LogP contribution in [0.25, 0.3) is 0 Å². The molecule has 0 aromatic rings. The van der Waals surface area contributed by atoms with Gasteiger partial charge >= 0.3 is 44.3 Å². The summed E-state index contributed by atoms with van der Waals surface area (Å²) < 4.78 is 102. The largest absolute Gasteiger partial charge is 0.545 e. The van der Waals surface area contributed by atoms with Crippen LogP contribution < -0.4 is 4.13 Å². The number of carbonyl (C=O) groups excluding carboxylic acids is 1. The summed E-state index contributed by atoms with van der Waals surface area (Å²) in [4.78, 5) is 9.73. The van der Waals surface area contributed by atoms with Crippen molar-refractivity contribution in [1.82, 2.24) is 4.13 Å². The van der Waals surface area contributed by atoms with Gasteiger partial charge in [0.2, 0.25) is 0 Å². The van der Waals surface area contributed by atoms with Crippen molar-refractivity contribution in [1.29, 1.82) is 0 Å². The van der Waals surface area contributed by atoms with Gasteiger partial charge in [-0.25, -0.2) is 17.4 Å². The average molecular weight is 306 g/mol. The monoisotopic (exact) mass is 306 g/mol. The second-order valence-corrected chi connectivity index (χ2v) is 6.08. The zero-order valence-electron chi connectivity index (χ0n) is 7.29. The van der Waals surface area contributed by atoms with Gasteiger partial charge in [0.1, 0.15) is 0 Å². The van der Waals surface area contributed by atoms with Crippen LogP contribution in [0.3, 0.4) is 0 Å². The Morgan fingerprint density at radius 3 is 2.00 bits per heavy atom. The molecule has 0 bridgehead atoms.